The largest absolute Gasteiger partial charge is 0.462 e. The molecule has 4 nitrogen and oxygen atoms in total. The highest BCUT2D eigenvalue weighted by molar-refractivity contribution is 7.08. The van der Waals surface area contributed by atoms with Crippen molar-refractivity contribution in [3.8, 4) is 0 Å². The summed E-state index contributed by atoms with van der Waals surface area (Å²) in [6, 6.07) is 12.0. The predicted octanol–water partition coefficient (Wildman–Crippen LogP) is 4.99. The van der Waals surface area contributed by atoms with Crippen LogP contribution in [0.5, 0.6) is 0 Å². The second-order valence-corrected chi connectivity index (χ2v) is 9.56. The zero-order chi connectivity index (χ0) is 21.3. The first-order valence-corrected chi connectivity index (χ1v) is 11.3. The van der Waals surface area contributed by atoms with Crippen LogP contribution in [-0.4, -0.2) is 18.4 Å². The number of hydrogen-bond donors (Lipinski definition) is 1. The molecule has 1 aliphatic carbocycles. The number of fused-ring (bicyclic) bond motifs is 1. The molecule has 0 bridgehead atoms. The maximum absolute atomic E-state index is 13.2. The quantitative estimate of drug-likeness (QED) is 0.691. The highest BCUT2D eigenvalue weighted by Gasteiger charge is 2.46. The Morgan fingerprint density at radius 3 is 2.67 bits per heavy atom. The van der Waals surface area contributed by atoms with E-state index in [1.807, 2.05) is 54.1 Å². The van der Waals surface area contributed by atoms with Crippen LogP contribution in [0.25, 0.3) is 0 Å². The number of allylic oxidation sites excluding steroid dienone is 3. The normalized spacial score (nSPS) is 22.8. The summed E-state index contributed by atoms with van der Waals surface area (Å²) < 4.78 is 5.68. The number of carbonyl (C=O) groups is 2. The predicted molar refractivity (Wildman–Crippen MR) is 119 cm³/mol. The van der Waals surface area contributed by atoms with E-state index >= 15 is 0 Å². The number of benzene rings is 1. The molecule has 2 heterocycles. The number of thiophene rings is 1. The van der Waals surface area contributed by atoms with Gasteiger partial charge in [-0.3, -0.25) is 4.79 Å². The first kappa shape index (κ1) is 20.6. The average Bonchev–Trinajstić information content (AvgIpc) is 3.21. The molecule has 4 rings (SSSR count). The van der Waals surface area contributed by atoms with Gasteiger partial charge in [0.25, 0.3) is 0 Å². The SMILES string of the molecule is CC1=C(C(=O)OCCc2ccccc2)C(c2ccsc2)C2C(=O)CC(C)(C)C=C2N1. The van der Waals surface area contributed by atoms with Crippen molar-refractivity contribution in [3.05, 3.63) is 81.3 Å². The van der Waals surface area contributed by atoms with Crippen molar-refractivity contribution in [1.29, 1.82) is 0 Å². The van der Waals surface area contributed by atoms with Crippen LogP contribution >= 0.6 is 11.3 Å². The molecule has 30 heavy (non-hydrogen) atoms. The van der Waals surface area contributed by atoms with Crippen LogP contribution in [0, 0.1) is 11.3 Å². The van der Waals surface area contributed by atoms with Gasteiger partial charge in [0.1, 0.15) is 5.78 Å². The lowest BCUT2D eigenvalue weighted by Crippen LogP contribution is -2.43. The summed E-state index contributed by atoms with van der Waals surface area (Å²) in [4.78, 5) is 26.3. The van der Waals surface area contributed by atoms with E-state index in [0.29, 0.717) is 25.0 Å². The van der Waals surface area contributed by atoms with Crippen molar-refractivity contribution >= 4 is 23.1 Å². The Balaban J connectivity index is 1.63. The molecule has 5 heteroatoms. The fourth-order valence-electron chi connectivity index (χ4n) is 4.53. The van der Waals surface area contributed by atoms with Crippen LogP contribution in [0.1, 0.15) is 44.2 Å². The van der Waals surface area contributed by atoms with Gasteiger partial charge in [0.15, 0.2) is 0 Å². The smallest absolute Gasteiger partial charge is 0.336 e. The summed E-state index contributed by atoms with van der Waals surface area (Å²) in [7, 11) is 0. The molecule has 2 atom stereocenters. The number of nitrogens with one attached hydrogen (secondary N) is 1. The van der Waals surface area contributed by atoms with Crippen LogP contribution in [-0.2, 0) is 20.7 Å². The minimum atomic E-state index is -0.368. The zero-order valence-corrected chi connectivity index (χ0v) is 18.4. The molecule has 2 aliphatic rings. The van der Waals surface area contributed by atoms with Gasteiger partial charge in [0.2, 0.25) is 0 Å². The van der Waals surface area contributed by atoms with E-state index in [1.165, 1.54) is 0 Å². The Hall–Kier alpha value is -2.66. The molecule has 0 radical (unpaired) electrons. The highest BCUT2D eigenvalue weighted by atomic mass is 32.1. The third-order valence-electron chi connectivity index (χ3n) is 5.83. The van der Waals surface area contributed by atoms with E-state index < -0.39 is 0 Å². The Labute approximate surface area is 181 Å². The van der Waals surface area contributed by atoms with Gasteiger partial charge in [-0.15, -0.1) is 0 Å². The summed E-state index contributed by atoms with van der Waals surface area (Å²) in [6.07, 6.45) is 3.29. The number of carbonyl (C=O) groups excluding carboxylic acids is 2. The fourth-order valence-corrected chi connectivity index (χ4v) is 5.23. The lowest BCUT2D eigenvalue weighted by Gasteiger charge is -2.41. The maximum Gasteiger partial charge on any atom is 0.336 e. The van der Waals surface area contributed by atoms with Crippen LogP contribution in [0.4, 0.5) is 0 Å². The lowest BCUT2D eigenvalue weighted by molar-refractivity contribution is -0.139. The highest BCUT2D eigenvalue weighted by Crippen LogP contribution is 2.47. The standard InChI is InChI=1S/C25H27NO3S/c1-16-21(24(28)29-11-9-17-7-5-4-6-8-17)22(18-10-12-30-15-18)23-19(26-16)13-25(2,3)14-20(23)27/h4-8,10,12-13,15,22-23,26H,9,11,14H2,1-3H3. The van der Waals surface area contributed by atoms with Gasteiger partial charge in [0, 0.05) is 30.2 Å². The maximum atomic E-state index is 13.2. The summed E-state index contributed by atoms with van der Waals surface area (Å²) in [5.74, 6) is -0.850. The second kappa shape index (κ2) is 8.23. The Bertz CT molecular complexity index is 1000. The van der Waals surface area contributed by atoms with Crippen LogP contribution in [0.3, 0.4) is 0 Å². The van der Waals surface area contributed by atoms with Crippen molar-refractivity contribution in [2.75, 3.05) is 6.61 Å². The van der Waals surface area contributed by atoms with Gasteiger partial charge in [-0.1, -0.05) is 50.3 Å². The second-order valence-electron chi connectivity index (χ2n) is 8.78. The molecule has 0 amide bonds. The van der Waals surface area contributed by atoms with E-state index in [9.17, 15) is 9.59 Å². The fraction of sp³-hybridized carbons (Fsp3) is 0.360. The van der Waals surface area contributed by atoms with Crippen molar-refractivity contribution in [1.82, 2.24) is 5.32 Å². The lowest BCUT2D eigenvalue weighted by atomic mass is 9.67. The molecule has 2 unspecified atom stereocenters. The molecule has 1 aromatic carbocycles. The van der Waals surface area contributed by atoms with E-state index in [2.05, 4.69) is 25.2 Å². The first-order chi connectivity index (χ1) is 14.4. The number of Topliss-reactive ketones (excluding diaryl/α,β-unsaturated/α-hetero) is 1. The summed E-state index contributed by atoms with van der Waals surface area (Å²) in [5, 5.41) is 7.38. The van der Waals surface area contributed by atoms with Crippen molar-refractivity contribution < 1.29 is 14.3 Å². The van der Waals surface area contributed by atoms with Gasteiger partial charge in [-0.25, -0.2) is 4.79 Å². The molecule has 2 aromatic rings. The Morgan fingerprint density at radius 1 is 1.20 bits per heavy atom. The topological polar surface area (TPSA) is 55.4 Å². The van der Waals surface area contributed by atoms with Gasteiger partial charge in [-0.05, 0) is 40.3 Å². The average molecular weight is 422 g/mol. The molecule has 156 valence electrons. The van der Waals surface area contributed by atoms with Gasteiger partial charge >= 0.3 is 5.97 Å². The van der Waals surface area contributed by atoms with Crippen molar-refractivity contribution in [2.24, 2.45) is 11.3 Å². The monoisotopic (exact) mass is 421 g/mol. The molecule has 1 N–H and O–H groups in total. The van der Waals surface area contributed by atoms with Crippen molar-refractivity contribution in [2.45, 2.75) is 39.5 Å². The van der Waals surface area contributed by atoms with Gasteiger partial charge in [-0.2, -0.15) is 11.3 Å². The third-order valence-corrected chi connectivity index (χ3v) is 6.53. The van der Waals surface area contributed by atoms with E-state index in [4.69, 9.17) is 4.74 Å². The molecular formula is C25H27NO3S. The molecule has 1 aromatic heterocycles. The molecule has 1 aliphatic heterocycles. The third kappa shape index (κ3) is 4.12. The molecule has 0 fully saturated rings. The number of hydrogen-bond acceptors (Lipinski definition) is 5. The Morgan fingerprint density at radius 2 is 1.97 bits per heavy atom. The summed E-state index contributed by atoms with van der Waals surface area (Å²) in [5.41, 5.74) is 4.18. The minimum absolute atomic E-state index is 0.170. The molecule has 0 saturated heterocycles. The van der Waals surface area contributed by atoms with Crippen LogP contribution < -0.4 is 5.32 Å². The molecular weight excluding hydrogens is 394 g/mol. The number of rotatable bonds is 5. The Kier molecular flexibility index (Phi) is 5.65. The summed E-state index contributed by atoms with van der Waals surface area (Å²) in [6.45, 7) is 6.35. The van der Waals surface area contributed by atoms with Crippen LogP contribution in [0.15, 0.2) is 70.2 Å². The van der Waals surface area contributed by atoms with Crippen molar-refractivity contribution in [3.63, 3.8) is 0 Å². The number of ether oxygens (including phenoxy) is 1. The number of esters is 1. The first-order valence-electron chi connectivity index (χ1n) is 10.3. The minimum Gasteiger partial charge on any atom is -0.462 e. The van der Waals surface area contributed by atoms with Gasteiger partial charge in [0.05, 0.1) is 18.1 Å². The van der Waals surface area contributed by atoms with E-state index in [0.717, 1.165) is 22.5 Å². The molecule has 0 spiro atoms. The summed E-state index contributed by atoms with van der Waals surface area (Å²) >= 11 is 1.58. The van der Waals surface area contributed by atoms with E-state index in [1.54, 1.807) is 11.3 Å². The van der Waals surface area contributed by atoms with Gasteiger partial charge < -0.3 is 10.1 Å². The zero-order valence-electron chi connectivity index (χ0n) is 17.6. The van der Waals surface area contributed by atoms with Crippen LogP contribution in [0.2, 0.25) is 0 Å². The molecule has 0 saturated carbocycles. The van der Waals surface area contributed by atoms with E-state index in [-0.39, 0.29) is 29.0 Å². The number of ketones is 1.